The highest BCUT2D eigenvalue weighted by molar-refractivity contribution is 6.12. The Hall–Kier alpha value is -2.95. The lowest BCUT2D eigenvalue weighted by atomic mass is 9.95. The first kappa shape index (κ1) is 15.9. The van der Waals surface area contributed by atoms with Crippen molar-refractivity contribution in [3.8, 4) is 11.3 Å². The molecule has 3 rings (SSSR count). The summed E-state index contributed by atoms with van der Waals surface area (Å²) in [4.78, 5) is 16.9. The summed E-state index contributed by atoms with van der Waals surface area (Å²) in [5.41, 5.74) is 0.640. The standard InChI is InChI=1S/C19H12F3NO/c20-19(21,22)14-7-5-6-13(12-14)18(24)16-9-2-1-8-15(16)17-10-3-4-11-23-17/h1-12H. The van der Waals surface area contributed by atoms with Gasteiger partial charge in [-0.3, -0.25) is 9.78 Å². The molecule has 5 heteroatoms. The van der Waals surface area contributed by atoms with Gasteiger partial charge in [-0.05, 0) is 24.3 Å². The minimum atomic E-state index is -4.49. The molecule has 2 nitrogen and oxygen atoms in total. The van der Waals surface area contributed by atoms with Crippen LogP contribution < -0.4 is 0 Å². The molecular weight excluding hydrogens is 315 g/mol. The van der Waals surface area contributed by atoms with Crippen LogP contribution in [0.3, 0.4) is 0 Å². The number of alkyl halides is 3. The molecule has 0 radical (unpaired) electrons. The molecule has 2 aromatic carbocycles. The largest absolute Gasteiger partial charge is 0.416 e. The second kappa shape index (κ2) is 6.28. The Morgan fingerprint density at radius 1 is 0.875 bits per heavy atom. The number of halogens is 3. The van der Waals surface area contributed by atoms with Crippen molar-refractivity contribution in [2.75, 3.05) is 0 Å². The highest BCUT2D eigenvalue weighted by atomic mass is 19.4. The van der Waals surface area contributed by atoms with E-state index in [-0.39, 0.29) is 5.56 Å². The van der Waals surface area contributed by atoms with Crippen molar-refractivity contribution < 1.29 is 18.0 Å². The SMILES string of the molecule is O=C(c1cccc(C(F)(F)F)c1)c1ccccc1-c1ccccn1. The minimum absolute atomic E-state index is 0.00629. The van der Waals surface area contributed by atoms with Gasteiger partial charge in [0.25, 0.3) is 0 Å². The van der Waals surface area contributed by atoms with E-state index in [1.165, 1.54) is 12.1 Å². The van der Waals surface area contributed by atoms with Gasteiger partial charge in [0.1, 0.15) is 0 Å². The molecule has 0 bridgehead atoms. The monoisotopic (exact) mass is 327 g/mol. The second-order valence-electron chi connectivity index (χ2n) is 5.17. The lowest BCUT2D eigenvalue weighted by Gasteiger charge is -2.10. The van der Waals surface area contributed by atoms with E-state index in [0.29, 0.717) is 16.8 Å². The number of hydrogen-bond donors (Lipinski definition) is 0. The van der Waals surface area contributed by atoms with E-state index in [2.05, 4.69) is 4.98 Å². The molecule has 0 fully saturated rings. The fourth-order valence-electron chi connectivity index (χ4n) is 2.42. The maximum absolute atomic E-state index is 12.9. The molecule has 0 aliphatic rings. The molecular formula is C19H12F3NO. The molecule has 0 amide bonds. The summed E-state index contributed by atoms with van der Waals surface area (Å²) in [6.45, 7) is 0. The highest BCUT2D eigenvalue weighted by Crippen LogP contribution is 2.31. The zero-order valence-electron chi connectivity index (χ0n) is 12.4. The maximum atomic E-state index is 12.9. The summed E-state index contributed by atoms with van der Waals surface area (Å²) in [6, 6.07) is 16.5. The fraction of sp³-hybridized carbons (Fsp3) is 0.0526. The van der Waals surface area contributed by atoms with Gasteiger partial charge in [-0.1, -0.05) is 42.5 Å². The van der Waals surface area contributed by atoms with Gasteiger partial charge in [-0.25, -0.2) is 0 Å². The molecule has 0 N–H and O–H groups in total. The van der Waals surface area contributed by atoms with Crippen LogP contribution in [0.5, 0.6) is 0 Å². The second-order valence-corrected chi connectivity index (χ2v) is 5.17. The van der Waals surface area contributed by atoms with Crippen molar-refractivity contribution in [1.82, 2.24) is 4.98 Å². The fourth-order valence-corrected chi connectivity index (χ4v) is 2.42. The van der Waals surface area contributed by atoms with Gasteiger partial charge >= 0.3 is 6.18 Å². The van der Waals surface area contributed by atoms with E-state index < -0.39 is 17.5 Å². The van der Waals surface area contributed by atoms with Crippen molar-refractivity contribution >= 4 is 5.78 Å². The van der Waals surface area contributed by atoms with Crippen LogP contribution in [0.4, 0.5) is 13.2 Å². The summed E-state index contributed by atoms with van der Waals surface area (Å²) in [5, 5.41) is 0. The molecule has 0 spiro atoms. The Balaban J connectivity index is 2.06. The highest BCUT2D eigenvalue weighted by Gasteiger charge is 2.31. The van der Waals surface area contributed by atoms with Crippen LogP contribution in [0, 0.1) is 0 Å². The lowest BCUT2D eigenvalue weighted by molar-refractivity contribution is -0.137. The predicted octanol–water partition coefficient (Wildman–Crippen LogP) is 5.00. The van der Waals surface area contributed by atoms with Crippen LogP contribution in [-0.2, 0) is 6.18 Å². The molecule has 0 saturated heterocycles. The van der Waals surface area contributed by atoms with E-state index >= 15 is 0 Å². The summed E-state index contributed by atoms with van der Waals surface area (Å²) in [5.74, 6) is -0.470. The summed E-state index contributed by atoms with van der Waals surface area (Å²) in [6.07, 6.45) is -2.89. The van der Waals surface area contributed by atoms with Gasteiger partial charge in [0.15, 0.2) is 5.78 Å². The number of carbonyl (C=O) groups is 1. The predicted molar refractivity (Wildman–Crippen MR) is 84.5 cm³/mol. The third-order valence-corrected chi connectivity index (χ3v) is 3.56. The van der Waals surface area contributed by atoms with Gasteiger partial charge in [0, 0.05) is 22.9 Å². The van der Waals surface area contributed by atoms with E-state index in [1.54, 1.807) is 48.7 Å². The molecule has 1 aromatic heterocycles. The third kappa shape index (κ3) is 3.20. The molecule has 1 heterocycles. The van der Waals surface area contributed by atoms with Gasteiger partial charge in [-0.15, -0.1) is 0 Å². The lowest BCUT2D eigenvalue weighted by Crippen LogP contribution is -2.09. The van der Waals surface area contributed by atoms with Crippen molar-refractivity contribution in [1.29, 1.82) is 0 Å². The molecule has 0 aliphatic heterocycles. The molecule has 24 heavy (non-hydrogen) atoms. The molecule has 0 saturated carbocycles. The van der Waals surface area contributed by atoms with Crippen LogP contribution in [-0.4, -0.2) is 10.8 Å². The average Bonchev–Trinajstić information content (AvgIpc) is 2.61. The first-order valence-electron chi connectivity index (χ1n) is 7.19. The molecule has 0 atom stereocenters. The third-order valence-electron chi connectivity index (χ3n) is 3.56. The first-order chi connectivity index (χ1) is 11.5. The number of rotatable bonds is 3. The van der Waals surface area contributed by atoms with Gasteiger partial charge < -0.3 is 0 Å². The van der Waals surface area contributed by atoms with Crippen LogP contribution in [0.2, 0.25) is 0 Å². The van der Waals surface area contributed by atoms with Crippen LogP contribution in [0.15, 0.2) is 72.9 Å². The number of ketones is 1. The first-order valence-corrected chi connectivity index (χ1v) is 7.19. The number of benzene rings is 2. The Morgan fingerprint density at radius 3 is 2.33 bits per heavy atom. The Bertz CT molecular complexity index is 873. The summed E-state index contributed by atoms with van der Waals surface area (Å²) < 4.78 is 38.6. The summed E-state index contributed by atoms with van der Waals surface area (Å²) in [7, 11) is 0. The zero-order valence-corrected chi connectivity index (χ0v) is 12.4. The number of aromatic nitrogens is 1. The number of carbonyl (C=O) groups excluding carboxylic acids is 1. The van der Waals surface area contributed by atoms with Crippen molar-refractivity contribution in [3.63, 3.8) is 0 Å². The molecule has 0 aliphatic carbocycles. The maximum Gasteiger partial charge on any atom is 0.416 e. The number of nitrogens with zero attached hydrogens (tertiary/aromatic N) is 1. The van der Waals surface area contributed by atoms with E-state index in [0.717, 1.165) is 12.1 Å². The Kier molecular flexibility index (Phi) is 4.16. The van der Waals surface area contributed by atoms with Crippen molar-refractivity contribution in [2.45, 2.75) is 6.18 Å². The van der Waals surface area contributed by atoms with Crippen molar-refractivity contribution in [2.24, 2.45) is 0 Å². The number of pyridine rings is 1. The van der Waals surface area contributed by atoms with Gasteiger partial charge in [0.05, 0.1) is 11.3 Å². The number of hydrogen-bond acceptors (Lipinski definition) is 2. The van der Waals surface area contributed by atoms with E-state index in [9.17, 15) is 18.0 Å². The van der Waals surface area contributed by atoms with E-state index in [4.69, 9.17) is 0 Å². The van der Waals surface area contributed by atoms with Crippen LogP contribution in [0.1, 0.15) is 21.5 Å². The van der Waals surface area contributed by atoms with Crippen LogP contribution in [0.25, 0.3) is 11.3 Å². The molecule has 120 valence electrons. The molecule has 3 aromatic rings. The zero-order chi connectivity index (χ0) is 17.2. The Morgan fingerprint density at radius 2 is 1.62 bits per heavy atom. The minimum Gasteiger partial charge on any atom is -0.289 e. The van der Waals surface area contributed by atoms with Crippen LogP contribution >= 0.6 is 0 Å². The smallest absolute Gasteiger partial charge is 0.289 e. The van der Waals surface area contributed by atoms with E-state index in [1.807, 2.05) is 0 Å². The topological polar surface area (TPSA) is 30.0 Å². The molecule has 0 unspecified atom stereocenters. The summed E-state index contributed by atoms with van der Waals surface area (Å²) >= 11 is 0. The Labute approximate surface area is 136 Å². The van der Waals surface area contributed by atoms with Gasteiger partial charge in [0.2, 0.25) is 0 Å². The normalized spacial score (nSPS) is 11.3. The average molecular weight is 327 g/mol. The van der Waals surface area contributed by atoms with Crippen molar-refractivity contribution in [3.05, 3.63) is 89.6 Å². The van der Waals surface area contributed by atoms with Gasteiger partial charge in [-0.2, -0.15) is 13.2 Å². The quantitative estimate of drug-likeness (QED) is 0.634.